The molecule has 5 rings (SSSR count). The highest BCUT2D eigenvalue weighted by molar-refractivity contribution is 6.04. The number of carbonyl (C=O) groups excluding carboxylic acids is 1. The van der Waals surface area contributed by atoms with E-state index in [9.17, 15) is 10.1 Å². The normalized spacial score (nSPS) is 10.4. The Hall–Kier alpha value is -5.22. The number of fused-ring (bicyclic) bond motifs is 1. The standard InChI is InChI=1S/C28H20N6O/c29-18-19-9-10-25-24(15-19)26(12-14-30-25)33-23-11-13-31-27(17-23)28(35)34-22-8-4-7-21(16-22)32-20-5-2-1-3-6-20/h1-17,32H,(H,34,35)(H,30,31,33). The van der Waals surface area contributed by atoms with Gasteiger partial charge in [0.05, 0.1) is 17.1 Å². The van der Waals surface area contributed by atoms with Gasteiger partial charge < -0.3 is 16.0 Å². The lowest BCUT2D eigenvalue weighted by Crippen LogP contribution is -2.14. The molecule has 0 aliphatic rings. The molecule has 0 unspecified atom stereocenters. The Bertz CT molecular complexity index is 1560. The number of nitrogens with one attached hydrogen (secondary N) is 3. The third-order valence-corrected chi connectivity index (χ3v) is 5.33. The van der Waals surface area contributed by atoms with Gasteiger partial charge in [0, 0.05) is 46.2 Å². The molecule has 3 aromatic carbocycles. The molecule has 168 valence electrons. The first kappa shape index (κ1) is 21.6. The molecule has 5 aromatic rings. The van der Waals surface area contributed by atoms with Crippen LogP contribution in [-0.4, -0.2) is 15.9 Å². The van der Waals surface area contributed by atoms with Crippen molar-refractivity contribution in [3.63, 3.8) is 0 Å². The number of carbonyl (C=O) groups is 1. The lowest BCUT2D eigenvalue weighted by atomic mass is 10.1. The molecule has 0 fully saturated rings. The second kappa shape index (κ2) is 9.73. The molecule has 2 aromatic heterocycles. The van der Waals surface area contributed by atoms with Gasteiger partial charge in [-0.3, -0.25) is 14.8 Å². The first-order valence-corrected chi connectivity index (χ1v) is 10.9. The maximum Gasteiger partial charge on any atom is 0.274 e. The Labute approximate surface area is 202 Å². The number of hydrogen-bond donors (Lipinski definition) is 3. The van der Waals surface area contributed by atoms with E-state index in [1.165, 1.54) is 0 Å². The second-order valence-corrected chi connectivity index (χ2v) is 7.78. The molecule has 0 aliphatic carbocycles. The van der Waals surface area contributed by atoms with Gasteiger partial charge in [0.1, 0.15) is 5.69 Å². The molecule has 0 atom stereocenters. The number of amides is 1. The van der Waals surface area contributed by atoms with E-state index in [2.05, 4.69) is 32.0 Å². The average Bonchev–Trinajstić information content (AvgIpc) is 2.89. The fraction of sp³-hybridized carbons (Fsp3) is 0. The fourth-order valence-corrected chi connectivity index (χ4v) is 3.67. The molecular weight excluding hydrogens is 436 g/mol. The topological polar surface area (TPSA) is 103 Å². The van der Waals surface area contributed by atoms with Crippen molar-refractivity contribution in [1.82, 2.24) is 9.97 Å². The van der Waals surface area contributed by atoms with Crippen LogP contribution in [0.4, 0.5) is 28.4 Å². The number of hydrogen-bond acceptors (Lipinski definition) is 6. The third-order valence-electron chi connectivity index (χ3n) is 5.33. The molecule has 7 heteroatoms. The Morgan fingerprint density at radius 1 is 0.714 bits per heavy atom. The number of anilines is 5. The molecule has 0 saturated carbocycles. The van der Waals surface area contributed by atoms with E-state index in [0.29, 0.717) is 16.9 Å². The summed E-state index contributed by atoms with van der Waals surface area (Å²) >= 11 is 0. The summed E-state index contributed by atoms with van der Waals surface area (Å²) in [6.07, 6.45) is 3.27. The number of rotatable bonds is 6. The largest absolute Gasteiger partial charge is 0.355 e. The minimum Gasteiger partial charge on any atom is -0.355 e. The molecule has 0 spiro atoms. The molecule has 0 saturated heterocycles. The first-order valence-electron chi connectivity index (χ1n) is 10.9. The zero-order valence-corrected chi connectivity index (χ0v) is 18.6. The van der Waals surface area contributed by atoms with Crippen molar-refractivity contribution in [1.29, 1.82) is 5.26 Å². The first-order chi connectivity index (χ1) is 17.2. The number of nitrogens with zero attached hydrogens (tertiary/aromatic N) is 3. The van der Waals surface area contributed by atoms with Gasteiger partial charge in [0.25, 0.3) is 5.91 Å². The monoisotopic (exact) mass is 456 g/mol. The van der Waals surface area contributed by atoms with Gasteiger partial charge in [-0.15, -0.1) is 0 Å². The maximum absolute atomic E-state index is 12.9. The Kier molecular flexibility index (Phi) is 6.01. The van der Waals surface area contributed by atoms with E-state index in [1.807, 2.05) is 66.7 Å². The fourth-order valence-electron chi connectivity index (χ4n) is 3.67. The summed E-state index contributed by atoms with van der Waals surface area (Å²) in [5.74, 6) is -0.322. The van der Waals surface area contributed by atoms with Crippen molar-refractivity contribution >= 4 is 45.2 Å². The number of para-hydroxylation sites is 1. The molecule has 1 amide bonds. The Balaban J connectivity index is 1.33. The molecule has 0 aliphatic heterocycles. The highest BCUT2D eigenvalue weighted by Crippen LogP contribution is 2.26. The summed E-state index contributed by atoms with van der Waals surface area (Å²) in [4.78, 5) is 21.5. The van der Waals surface area contributed by atoms with E-state index >= 15 is 0 Å². The van der Waals surface area contributed by atoms with Crippen LogP contribution in [0.1, 0.15) is 16.1 Å². The maximum atomic E-state index is 12.9. The summed E-state index contributed by atoms with van der Waals surface area (Å²) in [5.41, 5.74) is 5.54. The zero-order chi connectivity index (χ0) is 24.0. The average molecular weight is 457 g/mol. The van der Waals surface area contributed by atoms with Gasteiger partial charge in [-0.2, -0.15) is 5.26 Å². The summed E-state index contributed by atoms with van der Waals surface area (Å²) in [5, 5.41) is 19.6. The minimum absolute atomic E-state index is 0.271. The molecule has 0 radical (unpaired) electrons. The number of benzene rings is 3. The summed E-state index contributed by atoms with van der Waals surface area (Å²) in [6.45, 7) is 0. The van der Waals surface area contributed by atoms with Crippen molar-refractivity contribution in [3.8, 4) is 6.07 Å². The number of aromatic nitrogens is 2. The van der Waals surface area contributed by atoms with E-state index in [4.69, 9.17) is 0 Å². The second-order valence-electron chi connectivity index (χ2n) is 7.78. The van der Waals surface area contributed by atoms with Crippen molar-refractivity contribution < 1.29 is 4.79 Å². The van der Waals surface area contributed by atoms with Crippen LogP contribution in [0.15, 0.2) is 103 Å². The highest BCUT2D eigenvalue weighted by Gasteiger charge is 2.10. The van der Waals surface area contributed by atoms with Crippen LogP contribution < -0.4 is 16.0 Å². The lowest BCUT2D eigenvalue weighted by Gasteiger charge is -2.12. The Morgan fingerprint density at radius 3 is 2.34 bits per heavy atom. The summed E-state index contributed by atoms with van der Waals surface area (Å²) < 4.78 is 0. The number of pyridine rings is 2. The van der Waals surface area contributed by atoms with Crippen LogP contribution in [-0.2, 0) is 0 Å². The molecule has 35 heavy (non-hydrogen) atoms. The van der Waals surface area contributed by atoms with Gasteiger partial charge in [0.15, 0.2) is 0 Å². The zero-order valence-electron chi connectivity index (χ0n) is 18.6. The number of nitriles is 1. The smallest absolute Gasteiger partial charge is 0.274 e. The molecule has 7 nitrogen and oxygen atoms in total. The predicted molar refractivity (Wildman–Crippen MR) is 138 cm³/mol. The van der Waals surface area contributed by atoms with Crippen LogP contribution >= 0.6 is 0 Å². The van der Waals surface area contributed by atoms with Gasteiger partial charge in [0.2, 0.25) is 0 Å². The van der Waals surface area contributed by atoms with Crippen molar-refractivity contribution in [2.45, 2.75) is 0 Å². The molecule has 2 heterocycles. The summed E-state index contributed by atoms with van der Waals surface area (Å²) in [7, 11) is 0. The van der Waals surface area contributed by atoms with Crippen LogP contribution in [0.5, 0.6) is 0 Å². The van der Waals surface area contributed by atoms with Crippen molar-refractivity contribution in [2.24, 2.45) is 0 Å². The van der Waals surface area contributed by atoms with E-state index in [-0.39, 0.29) is 11.6 Å². The third kappa shape index (κ3) is 5.07. The van der Waals surface area contributed by atoms with Crippen LogP contribution in [0.3, 0.4) is 0 Å². The SMILES string of the molecule is N#Cc1ccc2nccc(Nc3ccnc(C(=O)Nc4cccc(Nc5ccccc5)c4)c3)c2c1. The van der Waals surface area contributed by atoms with Crippen molar-refractivity contribution in [3.05, 3.63) is 115 Å². The van der Waals surface area contributed by atoms with Crippen molar-refractivity contribution in [2.75, 3.05) is 16.0 Å². The molecular formula is C28H20N6O. The molecule has 3 N–H and O–H groups in total. The van der Waals surface area contributed by atoms with Crippen LogP contribution in [0.25, 0.3) is 10.9 Å². The Morgan fingerprint density at radius 2 is 1.49 bits per heavy atom. The van der Waals surface area contributed by atoms with E-state index in [1.54, 1.807) is 36.7 Å². The van der Waals surface area contributed by atoms with Crippen LogP contribution in [0.2, 0.25) is 0 Å². The highest BCUT2D eigenvalue weighted by atomic mass is 16.1. The van der Waals surface area contributed by atoms with Crippen LogP contribution in [0, 0.1) is 11.3 Å². The predicted octanol–water partition coefficient (Wildman–Crippen LogP) is 6.24. The van der Waals surface area contributed by atoms with Gasteiger partial charge in [-0.1, -0.05) is 24.3 Å². The molecule has 0 bridgehead atoms. The summed E-state index contributed by atoms with van der Waals surface area (Å²) in [6, 6.07) is 30.1. The van der Waals surface area contributed by atoms with E-state index < -0.39 is 0 Å². The minimum atomic E-state index is -0.322. The quantitative estimate of drug-likeness (QED) is 0.279. The lowest BCUT2D eigenvalue weighted by molar-refractivity contribution is 0.102. The van der Waals surface area contributed by atoms with Gasteiger partial charge in [-0.25, -0.2) is 0 Å². The van der Waals surface area contributed by atoms with E-state index in [0.717, 1.165) is 28.0 Å². The van der Waals surface area contributed by atoms with Gasteiger partial charge >= 0.3 is 0 Å². The van der Waals surface area contributed by atoms with Gasteiger partial charge in [-0.05, 0) is 66.7 Å².